The van der Waals surface area contributed by atoms with Crippen molar-refractivity contribution in [2.45, 2.75) is 11.8 Å². The zero-order valence-electron chi connectivity index (χ0n) is 10.2. The quantitative estimate of drug-likeness (QED) is 0.841. The molecule has 1 N–H and O–H groups in total. The van der Waals surface area contributed by atoms with Crippen molar-refractivity contribution in [2.24, 2.45) is 0 Å². The highest BCUT2D eigenvalue weighted by Crippen LogP contribution is 2.41. The highest BCUT2D eigenvalue weighted by atomic mass is 16.5. The van der Waals surface area contributed by atoms with Crippen LogP contribution in [0.5, 0.6) is 11.5 Å². The Kier molecular flexibility index (Phi) is 3.54. The van der Waals surface area contributed by atoms with Gasteiger partial charge in [-0.1, -0.05) is 6.07 Å². The second-order valence-corrected chi connectivity index (χ2v) is 4.31. The molecular formula is C13H18O4. The fourth-order valence-electron chi connectivity index (χ4n) is 2.23. The van der Waals surface area contributed by atoms with Gasteiger partial charge in [0.15, 0.2) is 0 Å². The Hall–Kier alpha value is -1.26. The second kappa shape index (κ2) is 4.94. The van der Waals surface area contributed by atoms with Crippen LogP contribution in [0.4, 0.5) is 0 Å². The summed E-state index contributed by atoms with van der Waals surface area (Å²) in [5.41, 5.74) is 0.980. The van der Waals surface area contributed by atoms with Crippen molar-refractivity contribution >= 4 is 0 Å². The highest BCUT2D eigenvalue weighted by molar-refractivity contribution is 5.46. The van der Waals surface area contributed by atoms with Gasteiger partial charge in [-0.3, -0.25) is 0 Å². The van der Waals surface area contributed by atoms with Crippen molar-refractivity contribution in [3.63, 3.8) is 0 Å². The van der Waals surface area contributed by atoms with E-state index < -0.39 is 0 Å². The fraction of sp³-hybridized carbons (Fsp3) is 0.538. The van der Waals surface area contributed by atoms with Crippen molar-refractivity contribution in [2.75, 3.05) is 34.0 Å². The van der Waals surface area contributed by atoms with Crippen molar-refractivity contribution in [1.82, 2.24) is 0 Å². The number of methoxy groups -OCH3 is 2. The van der Waals surface area contributed by atoms with Crippen LogP contribution in [0.15, 0.2) is 18.2 Å². The van der Waals surface area contributed by atoms with Crippen LogP contribution in [0, 0.1) is 0 Å². The molecule has 1 aromatic rings. The summed E-state index contributed by atoms with van der Waals surface area (Å²) in [5.74, 6) is 1.56. The first-order chi connectivity index (χ1) is 8.25. The predicted octanol–water partition coefficient (Wildman–Crippen LogP) is 1.35. The maximum absolute atomic E-state index is 9.17. The Labute approximate surface area is 101 Å². The zero-order valence-corrected chi connectivity index (χ0v) is 10.2. The van der Waals surface area contributed by atoms with Crippen LogP contribution in [-0.4, -0.2) is 39.1 Å². The maximum atomic E-state index is 9.17. The molecule has 0 radical (unpaired) electrons. The van der Waals surface area contributed by atoms with Gasteiger partial charge in [0.05, 0.1) is 27.4 Å². The molecule has 1 saturated heterocycles. The number of ether oxygens (including phenoxy) is 3. The van der Waals surface area contributed by atoms with E-state index in [2.05, 4.69) is 0 Å². The molecule has 0 unspecified atom stereocenters. The average Bonchev–Trinajstić information content (AvgIpc) is 2.33. The van der Waals surface area contributed by atoms with Crippen molar-refractivity contribution in [3.8, 4) is 11.5 Å². The lowest BCUT2D eigenvalue weighted by atomic mass is 9.75. The van der Waals surface area contributed by atoms with Gasteiger partial charge in [0, 0.05) is 23.7 Å². The molecule has 0 atom stereocenters. The number of aliphatic hydroxyl groups excluding tert-OH is 1. The minimum atomic E-state index is -0.105. The van der Waals surface area contributed by atoms with Gasteiger partial charge in [-0.25, -0.2) is 0 Å². The van der Waals surface area contributed by atoms with Gasteiger partial charge in [0.1, 0.15) is 11.5 Å². The molecule has 0 aliphatic carbocycles. The lowest BCUT2D eigenvalue weighted by Gasteiger charge is -2.42. The molecule has 2 rings (SSSR count). The van der Waals surface area contributed by atoms with E-state index in [0.717, 1.165) is 17.1 Å². The van der Waals surface area contributed by atoms with Gasteiger partial charge >= 0.3 is 0 Å². The summed E-state index contributed by atoms with van der Waals surface area (Å²) in [6, 6.07) is 5.78. The van der Waals surface area contributed by atoms with Gasteiger partial charge in [0.2, 0.25) is 0 Å². The molecule has 4 heteroatoms. The van der Waals surface area contributed by atoms with Crippen LogP contribution < -0.4 is 9.47 Å². The van der Waals surface area contributed by atoms with Crippen LogP contribution in [0.25, 0.3) is 0 Å². The lowest BCUT2D eigenvalue weighted by molar-refractivity contribution is -0.0709. The first-order valence-electron chi connectivity index (χ1n) is 5.67. The number of rotatable bonds is 5. The van der Waals surface area contributed by atoms with E-state index in [0.29, 0.717) is 19.6 Å². The summed E-state index contributed by atoms with van der Waals surface area (Å²) in [4.78, 5) is 0. The van der Waals surface area contributed by atoms with Crippen molar-refractivity contribution < 1.29 is 19.3 Å². The van der Waals surface area contributed by atoms with Gasteiger partial charge < -0.3 is 19.3 Å². The van der Waals surface area contributed by atoms with Crippen LogP contribution in [0.1, 0.15) is 12.0 Å². The molecule has 1 aromatic carbocycles. The summed E-state index contributed by atoms with van der Waals surface area (Å²) >= 11 is 0. The smallest absolute Gasteiger partial charge is 0.126 e. The van der Waals surface area contributed by atoms with E-state index in [4.69, 9.17) is 14.2 Å². The SMILES string of the molecule is COc1ccc(C2(CCO)COC2)c(OC)c1. The average molecular weight is 238 g/mol. The Morgan fingerprint density at radius 1 is 1.29 bits per heavy atom. The Morgan fingerprint density at radius 2 is 2.06 bits per heavy atom. The summed E-state index contributed by atoms with van der Waals surface area (Å²) in [6.45, 7) is 1.42. The molecule has 17 heavy (non-hydrogen) atoms. The summed E-state index contributed by atoms with van der Waals surface area (Å²) in [7, 11) is 3.27. The van der Waals surface area contributed by atoms with E-state index in [1.807, 2.05) is 18.2 Å². The minimum absolute atomic E-state index is 0.105. The molecular weight excluding hydrogens is 220 g/mol. The molecule has 4 nitrogen and oxygen atoms in total. The largest absolute Gasteiger partial charge is 0.497 e. The second-order valence-electron chi connectivity index (χ2n) is 4.31. The molecule has 0 saturated carbocycles. The Bertz CT molecular complexity index is 385. The third-order valence-corrected chi connectivity index (χ3v) is 3.33. The first kappa shape index (κ1) is 12.2. The van der Waals surface area contributed by atoms with E-state index in [-0.39, 0.29) is 12.0 Å². The molecule has 1 aliphatic heterocycles. The highest BCUT2D eigenvalue weighted by Gasteiger charge is 2.41. The standard InChI is InChI=1S/C13H18O4/c1-15-10-3-4-11(12(7-10)16-2)13(5-6-14)8-17-9-13/h3-4,7,14H,5-6,8-9H2,1-2H3. The molecule has 1 heterocycles. The molecule has 1 aliphatic rings. The van der Waals surface area contributed by atoms with E-state index in [9.17, 15) is 5.11 Å². The number of aliphatic hydroxyl groups is 1. The monoisotopic (exact) mass is 238 g/mol. The Balaban J connectivity index is 2.36. The summed E-state index contributed by atoms with van der Waals surface area (Å²) in [6.07, 6.45) is 0.690. The minimum Gasteiger partial charge on any atom is -0.497 e. The van der Waals surface area contributed by atoms with Gasteiger partial charge in [-0.2, -0.15) is 0 Å². The number of hydrogen-bond acceptors (Lipinski definition) is 4. The van der Waals surface area contributed by atoms with Gasteiger partial charge in [0.25, 0.3) is 0 Å². The zero-order chi connectivity index (χ0) is 12.3. The lowest BCUT2D eigenvalue weighted by Crippen LogP contribution is -2.47. The normalized spacial score (nSPS) is 17.4. The Morgan fingerprint density at radius 3 is 2.53 bits per heavy atom. The molecule has 0 bridgehead atoms. The van der Waals surface area contributed by atoms with Crippen molar-refractivity contribution in [3.05, 3.63) is 23.8 Å². The van der Waals surface area contributed by atoms with E-state index in [1.165, 1.54) is 0 Å². The predicted molar refractivity (Wildman–Crippen MR) is 63.7 cm³/mol. The van der Waals surface area contributed by atoms with Crippen LogP contribution >= 0.6 is 0 Å². The maximum Gasteiger partial charge on any atom is 0.126 e. The molecule has 94 valence electrons. The topological polar surface area (TPSA) is 47.9 Å². The molecule has 1 fully saturated rings. The first-order valence-corrected chi connectivity index (χ1v) is 5.67. The molecule has 0 aromatic heterocycles. The van der Waals surface area contributed by atoms with Crippen LogP contribution in [-0.2, 0) is 10.2 Å². The third kappa shape index (κ3) is 2.10. The van der Waals surface area contributed by atoms with Crippen LogP contribution in [0.2, 0.25) is 0 Å². The van der Waals surface area contributed by atoms with E-state index >= 15 is 0 Å². The van der Waals surface area contributed by atoms with Crippen molar-refractivity contribution in [1.29, 1.82) is 0 Å². The molecule has 0 amide bonds. The summed E-state index contributed by atoms with van der Waals surface area (Å²) < 4.78 is 15.9. The van der Waals surface area contributed by atoms with Gasteiger partial charge in [-0.15, -0.1) is 0 Å². The molecule has 0 spiro atoms. The van der Waals surface area contributed by atoms with E-state index in [1.54, 1.807) is 14.2 Å². The fourth-order valence-corrected chi connectivity index (χ4v) is 2.23. The van der Waals surface area contributed by atoms with Gasteiger partial charge in [-0.05, 0) is 12.5 Å². The summed E-state index contributed by atoms with van der Waals surface area (Å²) in [5, 5.41) is 9.17. The number of benzene rings is 1. The third-order valence-electron chi connectivity index (χ3n) is 3.33. The van der Waals surface area contributed by atoms with Crippen LogP contribution in [0.3, 0.4) is 0 Å². The number of hydrogen-bond donors (Lipinski definition) is 1.